The molecular weight excluding hydrogens is 550 g/mol. The molecule has 0 saturated carbocycles. The maximum atomic E-state index is 2.55. The van der Waals surface area contributed by atoms with Crippen LogP contribution in [0.5, 0.6) is 0 Å². The van der Waals surface area contributed by atoms with Crippen molar-refractivity contribution in [2.75, 3.05) is 0 Å². The molecule has 10 rings (SSSR count). The van der Waals surface area contributed by atoms with Gasteiger partial charge in [0.25, 0.3) is 0 Å². The average Bonchev–Trinajstić information content (AvgIpc) is 3.07. The molecule has 0 fully saturated rings. The highest BCUT2D eigenvalue weighted by Gasteiger charge is 2.38. The standard InChI is InChI=1S/C44H32B2/c1-25-11-9-12-26(2)43(25)45-35-17-7-5-15-31(35)33-21-20-30-24-38-42-34(22-19-29-23-37(45)41(33)39(30)40(29)42)32-16-6-8-18-36(32)46(38)44-27(3)13-10-14-28(44)4/h5-24H,1-4H3. The first-order chi connectivity index (χ1) is 22.5. The van der Waals surface area contributed by atoms with Gasteiger partial charge in [-0.1, -0.05) is 176 Å². The molecule has 8 aromatic rings. The van der Waals surface area contributed by atoms with Crippen molar-refractivity contribution in [2.24, 2.45) is 0 Å². The molecule has 2 heteroatoms. The lowest BCUT2D eigenvalue weighted by molar-refractivity contribution is 1.43. The van der Waals surface area contributed by atoms with Crippen LogP contribution >= 0.6 is 0 Å². The van der Waals surface area contributed by atoms with Crippen molar-refractivity contribution in [1.82, 2.24) is 0 Å². The predicted octanol–water partition coefficient (Wildman–Crippen LogP) is 6.81. The molecule has 0 bridgehead atoms. The SMILES string of the molecule is Cc1cccc(C)c1B1c2ccccc2-c2ccc3cc4c5c(ccc6cc1c2c3c65)-c1ccccc1B4c1c(C)cccc1C. The summed E-state index contributed by atoms with van der Waals surface area (Å²) in [6.07, 6.45) is 0. The highest BCUT2D eigenvalue weighted by Crippen LogP contribution is 2.43. The fourth-order valence-corrected chi connectivity index (χ4v) is 9.51. The maximum Gasteiger partial charge on any atom is 0.243 e. The molecule has 0 spiro atoms. The second-order valence-electron chi connectivity index (χ2n) is 13.8. The van der Waals surface area contributed by atoms with Crippen molar-refractivity contribution in [3.05, 3.63) is 144 Å². The van der Waals surface area contributed by atoms with E-state index in [1.54, 1.807) is 0 Å². The third kappa shape index (κ3) is 3.27. The number of hydrogen-bond acceptors (Lipinski definition) is 0. The summed E-state index contributed by atoms with van der Waals surface area (Å²) in [7, 11) is 0. The van der Waals surface area contributed by atoms with Gasteiger partial charge in [0.2, 0.25) is 13.4 Å². The van der Waals surface area contributed by atoms with Gasteiger partial charge in [0, 0.05) is 0 Å². The summed E-state index contributed by atoms with van der Waals surface area (Å²) < 4.78 is 0. The van der Waals surface area contributed by atoms with E-state index in [0.717, 1.165) is 0 Å². The lowest BCUT2D eigenvalue weighted by Crippen LogP contribution is -2.57. The van der Waals surface area contributed by atoms with Gasteiger partial charge in [-0.3, -0.25) is 0 Å². The first kappa shape index (κ1) is 26.2. The summed E-state index contributed by atoms with van der Waals surface area (Å²) in [6.45, 7) is 9.52. The van der Waals surface area contributed by atoms with Gasteiger partial charge in [-0.15, -0.1) is 0 Å². The second kappa shape index (κ2) is 9.24. The van der Waals surface area contributed by atoms with Crippen LogP contribution in [0, 0.1) is 27.7 Å². The fraction of sp³-hybridized carbons (Fsp3) is 0.0909. The molecule has 2 aliphatic rings. The number of benzene rings is 8. The molecule has 46 heavy (non-hydrogen) atoms. The highest BCUT2D eigenvalue weighted by molar-refractivity contribution is 7.00. The van der Waals surface area contributed by atoms with Crippen LogP contribution in [0.15, 0.2) is 121 Å². The molecule has 2 aliphatic heterocycles. The van der Waals surface area contributed by atoms with Gasteiger partial charge in [0.15, 0.2) is 0 Å². The molecule has 0 saturated heterocycles. The van der Waals surface area contributed by atoms with Crippen LogP contribution in [0.2, 0.25) is 0 Å². The monoisotopic (exact) mass is 582 g/mol. The van der Waals surface area contributed by atoms with Crippen LogP contribution in [-0.2, 0) is 0 Å². The molecule has 0 unspecified atom stereocenters. The van der Waals surface area contributed by atoms with E-state index < -0.39 is 0 Å². The topological polar surface area (TPSA) is 0 Å². The zero-order valence-corrected chi connectivity index (χ0v) is 26.7. The molecule has 8 aromatic carbocycles. The Morgan fingerprint density at radius 2 is 0.717 bits per heavy atom. The fourth-order valence-electron chi connectivity index (χ4n) is 9.51. The zero-order chi connectivity index (χ0) is 30.8. The Morgan fingerprint density at radius 1 is 0.326 bits per heavy atom. The first-order valence-corrected chi connectivity index (χ1v) is 16.6. The average molecular weight is 582 g/mol. The quantitative estimate of drug-likeness (QED) is 0.155. The Labute approximate surface area is 271 Å². The van der Waals surface area contributed by atoms with Crippen LogP contribution in [0.4, 0.5) is 0 Å². The molecule has 0 nitrogen and oxygen atoms in total. The molecule has 0 N–H and O–H groups in total. The number of hydrogen-bond donors (Lipinski definition) is 0. The van der Waals surface area contributed by atoms with Crippen LogP contribution < -0.4 is 32.8 Å². The van der Waals surface area contributed by atoms with Crippen molar-refractivity contribution < 1.29 is 0 Å². The van der Waals surface area contributed by atoms with E-state index >= 15 is 0 Å². The van der Waals surface area contributed by atoms with Crippen molar-refractivity contribution in [3.8, 4) is 22.3 Å². The lowest BCUT2D eigenvalue weighted by atomic mass is 9.31. The molecule has 0 amide bonds. The lowest BCUT2D eigenvalue weighted by Gasteiger charge is -2.33. The summed E-state index contributed by atoms with van der Waals surface area (Å²) in [6, 6.07) is 46.5. The minimum absolute atomic E-state index is 0.189. The van der Waals surface area contributed by atoms with Crippen molar-refractivity contribution in [2.45, 2.75) is 27.7 Å². The van der Waals surface area contributed by atoms with Gasteiger partial charge in [0.1, 0.15) is 0 Å². The Morgan fingerprint density at radius 3 is 1.13 bits per heavy atom. The predicted molar refractivity (Wildman–Crippen MR) is 202 cm³/mol. The summed E-state index contributed by atoms with van der Waals surface area (Å²) in [5, 5.41) is 8.41. The number of fused-ring (bicyclic) bond motifs is 4. The summed E-state index contributed by atoms with van der Waals surface area (Å²) in [5.41, 5.74) is 19.5. The summed E-state index contributed by atoms with van der Waals surface area (Å²) >= 11 is 0. The first-order valence-electron chi connectivity index (χ1n) is 16.6. The number of aryl methyl sites for hydroxylation is 4. The van der Waals surface area contributed by atoms with Gasteiger partial charge in [-0.25, -0.2) is 0 Å². The zero-order valence-electron chi connectivity index (χ0n) is 26.7. The van der Waals surface area contributed by atoms with E-state index in [0.29, 0.717) is 0 Å². The molecule has 214 valence electrons. The van der Waals surface area contributed by atoms with E-state index in [1.807, 2.05) is 0 Å². The van der Waals surface area contributed by atoms with Gasteiger partial charge >= 0.3 is 0 Å². The summed E-state index contributed by atoms with van der Waals surface area (Å²) in [5.74, 6) is 0. The minimum Gasteiger partial charge on any atom is -0.0664 e. The Kier molecular flexibility index (Phi) is 5.26. The molecular formula is C44H32B2. The van der Waals surface area contributed by atoms with Crippen LogP contribution in [-0.4, -0.2) is 13.4 Å². The van der Waals surface area contributed by atoms with E-state index in [4.69, 9.17) is 0 Å². The summed E-state index contributed by atoms with van der Waals surface area (Å²) in [4.78, 5) is 0. The van der Waals surface area contributed by atoms with E-state index in [9.17, 15) is 0 Å². The Balaban J connectivity index is 1.40. The van der Waals surface area contributed by atoms with Crippen LogP contribution in [0.3, 0.4) is 0 Å². The van der Waals surface area contributed by atoms with Gasteiger partial charge in [0.05, 0.1) is 0 Å². The molecule has 2 heterocycles. The third-order valence-electron chi connectivity index (χ3n) is 11.3. The van der Waals surface area contributed by atoms with Crippen molar-refractivity contribution >= 4 is 78.5 Å². The van der Waals surface area contributed by atoms with Gasteiger partial charge in [-0.05, 0) is 82.3 Å². The van der Waals surface area contributed by atoms with Gasteiger partial charge < -0.3 is 0 Å². The van der Waals surface area contributed by atoms with Crippen LogP contribution in [0.25, 0.3) is 54.6 Å². The minimum atomic E-state index is 0.189. The van der Waals surface area contributed by atoms with Crippen LogP contribution in [0.1, 0.15) is 22.3 Å². The maximum absolute atomic E-state index is 2.55. The van der Waals surface area contributed by atoms with Crippen molar-refractivity contribution in [1.29, 1.82) is 0 Å². The van der Waals surface area contributed by atoms with Crippen molar-refractivity contribution in [3.63, 3.8) is 0 Å². The van der Waals surface area contributed by atoms with E-state index in [2.05, 4.69) is 149 Å². The van der Waals surface area contributed by atoms with E-state index in [-0.39, 0.29) is 13.4 Å². The van der Waals surface area contributed by atoms with E-state index in [1.165, 1.54) is 110 Å². The second-order valence-corrected chi connectivity index (χ2v) is 13.8. The smallest absolute Gasteiger partial charge is 0.0664 e. The Hall–Kier alpha value is -5.07. The van der Waals surface area contributed by atoms with Gasteiger partial charge in [-0.2, -0.15) is 0 Å². The Bertz CT molecular complexity index is 2370. The normalized spacial score (nSPS) is 13.1. The molecule has 0 atom stereocenters. The number of rotatable bonds is 2. The molecule has 0 aromatic heterocycles. The molecule has 0 radical (unpaired) electrons. The largest absolute Gasteiger partial charge is 0.243 e. The molecule has 0 aliphatic carbocycles. The third-order valence-corrected chi connectivity index (χ3v) is 11.3. The highest BCUT2D eigenvalue weighted by atomic mass is 14.3.